The molecule has 0 radical (unpaired) electrons. The number of hydrogen-bond acceptors (Lipinski definition) is 2. The van der Waals surface area contributed by atoms with E-state index in [-0.39, 0.29) is 11.6 Å². The summed E-state index contributed by atoms with van der Waals surface area (Å²) in [7, 11) is 0. The van der Waals surface area contributed by atoms with Crippen molar-refractivity contribution in [2.24, 2.45) is 0 Å². The first-order valence-electron chi connectivity index (χ1n) is 6.23. The quantitative estimate of drug-likeness (QED) is 0.828. The molecule has 0 aromatic heterocycles. The van der Waals surface area contributed by atoms with Crippen molar-refractivity contribution < 1.29 is 13.5 Å². The van der Waals surface area contributed by atoms with Gasteiger partial charge in [-0.3, -0.25) is 0 Å². The molecule has 0 fully saturated rings. The fourth-order valence-corrected chi connectivity index (χ4v) is 1.78. The highest BCUT2D eigenvalue weighted by atomic mass is 19.1. The van der Waals surface area contributed by atoms with Crippen LogP contribution in [0.4, 0.5) is 8.78 Å². The second kappa shape index (κ2) is 6.67. The van der Waals surface area contributed by atoms with Crippen LogP contribution in [-0.4, -0.2) is 6.10 Å². The second-order valence-electron chi connectivity index (χ2n) is 4.35. The maximum atomic E-state index is 12.8. The molecule has 0 aliphatic carbocycles. The van der Waals surface area contributed by atoms with Crippen LogP contribution in [0.1, 0.15) is 12.0 Å². The van der Waals surface area contributed by atoms with Gasteiger partial charge in [-0.2, -0.15) is 5.26 Å². The molecule has 4 heteroatoms. The van der Waals surface area contributed by atoms with Gasteiger partial charge in [0.05, 0.1) is 0 Å². The lowest BCUT2D eigenvalue weighted by Gasteiger charge is -2.12. The maximum absolute atomic E-state index is 12.8. The number of aryl methyl sites for hydroxylation is 1. The summed E-state index contributed by atoms with van der Waals surface area (Å²) in [5.41, 5.74) is 0.939. The summed E-state index contributed by atoms with van der Waals surface area (Å²) >= 11 is 0. The molecule has 0 heterocycles. The van der Waals surface area contributed by atoms with E-state index in [2.05, 4.69) is 6.07 Å². The Kier molecular flexibility index (Phi) is 4.67. The van der Waals surface area contributed by atoms with Crippen molar-refractivity contribution in [3.05, 3.63) is 65.7 Å². The molecule has 0 amide bonds. The van der Waals surface area contributed by atoms with E-state index in [9.17, 15) is 8.78 Å². The van der Waals surface area contributed by atoms with Gasteiger partial charge in [-0.25, -0.2) is 8.78 Å². The second-order valence-corrected chi connectivity index (χ2v) is 4.35. The zero-order valence-corrected chi connectivity index (χ0v) is 10.7. The van der Waals surface area contributed by atoms with Crippen LogP contribution in [0.25, 0.3) is 0 Å². The zero-order chi connectivity index (χ0) is 14.4. The van der Waals surface area contributed by atoms with Gasteiger partial charge in [0.1, 0.15) is 23.5 Å². The SMILES string of the molecule is N#CC(CCc1ccc(F)cc1)Oc1ccc(F)cc1. The zero-order valence-electron chi connectivity index (χ0n) is 10.7. The maximum Gasteiger partial charge on any atom is 0.184 e. The monoisotopic (exact) mass is 273 g/mol. The van der Waals surface area contributed by atoms with Crippen molar-refractivity contribution in [3.8, 4) is 11.8 Å². The molecule has 0 N–H and O–H groups in total. The Morgan fingerprint density at radius 1 is 0.950 bits per heavy atom. The smallest absolute Gasteiger partial charge is 0.184 e. The van der Waals surface area contributed by atoms with E-state index in [1.54, 1.807) is 12.1 Å². The van der Waals surface area contributed by atoms with Gasteiger partial charge >= 0.3 is 0 Å². The number of benzene rings is 2. The van der Waals surface area contributed by atoms with Crippen molar-refractivity contribution >= 4 is 0 Å². The summed E-state index contributed by atoms with van der Waals surface area (Å²) in [5.74, 6) is -0.178. The van der Waals surface area contributed by atoms with Crippen LogP contribution in [0, 0.1) is 23.0 Å². The molecule has 0 aliphatic heterocycles. The summed E-state index contributed by atoms with van der Waals surface area (Å²) in [5, 5.41) is 9.05. The Bertz CT molecular complexity index is 587. The van der Waals surface area contributed by atoms with Gasteiger partial charge in [0.15, 0.2) is 6.10 Å². The Balaban J connectivity index is 1.91. The number of rotatable bonds is 5. The largest absolute Gasteiger partial charge is 0.476 e. The average molecular weight is 273 g/mol. The third-order valence-corrected chi connectivity index (χ3v) is 2.84. The Morgan fingerprint density at radius 2 is 1.50 bits per heavy atom. The van der Waals surface area contributed by atoms with Crippen LogP contribution in [0.2, 0.25) is 0 Å². The number of ether oxygens (including phenoxy) is 1. The highest BCUT2D eigenvalue weighted by molar-refractivity contribution is 5.23. The molecular weight excluding hydrogens is 260 g/mol. The van der Waals surface area contributed by atoms with Gasteiger partial charge < -0.3 is 4.74 Å². The van der Waals surface area contributed by atoms with E-state index in [0.29, 0.717) is 18.6 Å². The number of hydrogen-bond donors (Lipinski definition) is 0. The first kappa shape index (κ1) is 14.0. The normalized spacial score (nSPS) is 11.7. The molecule has 2 aromatic carbocycles. The lowest BCUT2D eigenvalue weighted by atomic mass is 10.1. The minimum atomic E-state index is -0.620. The molecule has 0 saturated carbocycles. The fraction of sp³-hybridized carbons (Fsp3) is 0.188. The van der Waals surface area contributed by atoms with Crippen LogP contribution in [0.5, 0.6) is 5.75 Å². The lowest BCUT2D eigenvalue weighted by Crippen LogP contribution is -2.15. The summed E-state index contributed by atoms with van der Waals surface area (Å²) < 4.78 is 31.0. The van der Waals surface area contributed by atoms with E-state index >= 15 is 0 Å². The average Bonchev–Trinajstić information content (AvgIpc) is 2.47. The Hall–Kier alpha value is -2.41. The number of nitriles is 1. The number of halogens is 2. The van der Waals surface area contributed by atoms with Gasteiger partial charge in [0, 0.05) is 6.42 Å². The summed E-state index contributed by atoms with van der Waals surface area (Å²) in [4.78, 5) is 0. The molecule has 20 heavy (non-hydrogen) atoms. The topological polar surface area (TPSA) is 33.0 Å². The van der Waals surface area contributed by atoms with E-state index in [1.807, 2.05) is 0 Å². The highest BCUT2D eigenvalue weighted by Crippen LogP contribution is 2.15. The summed E-state index contributed by atoms with van der Waals surface area (Å²) in [6.07, 6.45) is 0.477. The summed E-state index contributed by atoms with van der Waals surface area (Å²) in [6.45, 7) is 0. The first-order valence-corrected chi connectivity index (χ1v) is 6.23. The van der Waals surface area contributed by atoms with Gasteiger partial charge in [0.2, 0.25) is 0 Å². The van der Waals surface area contributed by atoms with Crippen molar-refractivity contribution in [1.82, 2.24) is 0 Å². The molecule has 2 aromatic rings. The highest BCUT2D eigenvalue weighted by Gasteiger charge is 2.09. The van der Waals surface area contributed by atoms with E-state index in [0.717, 1.165) is 5.56 Å². The first-order chi connectivity index (χ1) is 9.67. The van der Waals surface area contributed by atoms with E-state index in [4.69, 9.17) is 10.00 Å². The standard InChI is InChI=1S/C16H13F2NO/c17-13-4-1-12(2-5-13)3-8-16(11-19)20-15-9-6-14(18)7-10-15/h1-2,4-7,9-10,16H,3,8H2. The molecule has 2 nitrogen and oxygen atoms in total. The van der Waals surface area contributed by atoms with Crippen molar-refractivity contribution in [2.45, 2.75) is 18.9 Å². The molecule has 2 rings (SSSR count). The minimum Gasteiger partial charge on any atom is -0.476 e. The van der Waals surface area contributed by atoms with Crippen molar-refractivity contribution in [3.63, 3.8) is 0 Å². The fourth-order valence-electron chi connectivity index (χ4n) is 1.78. The van der Waals surface area contributed by atoms with Crippen LogP contribution in [0.15, 0.2) is 48.5 Å². The summed E-state index contributed by atoms with van der Waals surface area (Å²) in [6, 6.07) is 13.7. The van der Waals surface area contributed by atoms with Gasteiger partial charge in [-0.1, -0.05) is 12.1 Å². The molecule has 0 saturated heterocycles. The Morgan fingerprint density at radius 3 is 2.05 bits per heavy atom. The minimum absolute atomic E-state index is 0.284. The predicted octanol–water partition coefficient (Wildman–Crippen LogP) is 3.87. The molecule has 0 bridgehead atoms. The van der Waals surface area contributed by atoms with Gasteiger partial charge in [-0.15, -0.1) is 0 Å². The van der Waals surface area contributed by atoms with Crippen LogP contribution >= 0.6 is 0 Å². The Labute approximate surface area is 116 Å². The molecule has 102 valence electrons. The van der Waals surface area contributed by atoms with Crippen molar-refractivity contribution in [2.75, 3.05) is 0 Å². The molecular formula is C16H13F2NO. The van der Waals surface area contributed by atoms with Crippen LogP contribution in [-0.2, 0) is 6.42 Å². The van der Waals surface area contributed by atoms with Crippen LogP contribution in [0.3, 0.4) is 0 Å². The third kappa shape index (κ3) is 4.06. The third-order valence-electron chi connectivity index (χ3n) is 2.84. The van der Waals surface area contributed by atoms with Gasteiger partial charge in [0.25, 0.3) is 0 Å². The van der Waals surface area contributed by atoms with Crippen molar-refractivity contribution in [1.29, 1.82) is 5.26 Å². The lowest BCUT2D eigenvalue weighted by molar-refractivity contribution is 0.245. The molecule has 1 unspecified atom stereocenters. The van der Waals surface area contributed by atoms with Crippen LogP contribution < -0.4 is 4.74 Å². The predicted molar refractivity (Wildman–Crippen MR) is 71.2 cm³/mol. The molecule has 0 spiro atoms. The van der Waals surface area contributed by atoms with E-state index in [1.165, 1.54) is 36.4 Å². The van der Waals surface area contributed by atoms with E-state index < -0.39 is 6.10 Å². The van der Waals surface area contributed by atoms with Gasteiger partial charge in [-0.05, 0) is 48.4 Å². The molecule has 1 atom stereocenters. The molecule has 0 aliphatic rings. The number of nitrogens with zero attached hydrogens (tertiary/aromatic N) is 1.